The third-order valence-corrected chi connectivity index (χ3v) is 5.99. The molecule has 9 heteroatoms. The Balaban J connectivity index is 1.48. The number of thioether (sulfide) groups is 1. The molecular formula is C21H24N4O3S2. The van der Waals surface area contributed by atoms with E-state index >= 15 is 0 Å². The second-order valence-electron chi connectivity index (χ2n) is 6.78. The van der Waals surface area contributed by atoms with Gasteiger partial charge in [-0.2, -0.15) is 0 Å². The van der Waals surface area contributed by atoms with E-state index in [2.05, 4.69) is 52.0 Å². The van der Waals surface area contributed by atoms with Crippen LogP contribution in [0.5, 0.6) is 0 Å². The van der Waals surface area contributed by atoms with Crippen LogP contribution in [0.25, 0.3) is 11.3 Å². The molecule has 2 aromatic heterocycles. The van der Waals surface area contributed by atoms with Gasteiger partial charge in [0.05, 0.1) is 17.2 Å². The molecule has 7 nitrogen and oxygen atoms in total. The molecule has 158 valence electrons. The van der Waals surface area contributed by atoms with Gasteiger partial charge in [0.2, 0.25) is 11.8 Å². The fourth-order valence-electron chi connectivity index (χ4n) is 2.83. The maximum Gasteiger partial charge on any atom is 0.236 e. The number of nitrogens with zero attached hydrogens (tertiary/aromatic N) is 2. The summed E-state index contributed by atoms with van der Waals surface area (Å²) >= 11 is 2.67. The van der Waals surface area contributed by atoms with Gasteiger partial charge >= 0.3 is 0 Å². The first-order chi connectivity index (χ1) is 14.4. The Labute approximate surface area is 183 Å². The highest BCUT2D eigenvalue weighted by molar-refractivity contribution is 8.00. The molecule has 2 heterocycles. The lowest BCUT2D eigenvalue weighted by Gasteiger charge is -2.03. The SMILES string of the molecule is CCCc1ccc(-c2nc(NC(=O)CSCC(=O)Nc3cc(C)on3)sc2C)cc1. The molecule has 3 aromatic rings. The number of anilines is 2. The third kappa shape index (κ3) is 6.17. The van der Waals surface area contributed by atoms with Crippen molar-refractivity contribution in [1.82, 2.24) is 10.1 Å². The largest absolute Gasteiger partial charge is 0.360 e. The molecule has 0 aliphatic heterocycles. The maximum atomic E-state index is 12.2. The van der Waals surface area contributed by atoms with Gasteiger partial charge in [0.1, 0.15) is 5.76 Å². The summed E-state index contributed by atoms with van der Waals surface area (Å²) in [5.41, 5.74) is 3.23. The summed E-state index contributed by atoms with van der Waals surface area (Å²) in [4.78, 5) is 29.7. The number of hydrogen-bond acceptors (Lipinski definition) is 7. The number of nitrogens with one attached hydrogen (secondary N) is 2. The minimum Gasteiger partial charge on any atom is -0.360 e. The smallest absolute Gasteiger partial charge is 0.236 e. The summed E-state index contributed by atoms with van der Waals surface area (Å²) in [6, 6.07) is 10.0. The van der Waals surface area contributed by atoms with Crippen molar-refractivity contribution in [2.75, 3.05) is 22.1 Å². The van der Waals surface area contributed by atoms with Gasteiger partial charge in [0.25, 0.3) is 0 Å². The van der Waals surface area contributed by atoms with Crippen LogP contribution in [0.4, 0.5) is 10.9 Å². The van der Waals surface area contributed by atoms with Crippen molar-refractivity contribution < 1.29 is 14.1 Å². The van der Waals surface area contributed by atoms with E-state index in [1.807, 2.05) is 6.92 Å². The van der Waals surface area contributed by atoms with Crippen LogP contribution in [-0.4, -0.2) is 33.5 Å². The first-order valence-electron chi connectivity index (χ1n) is 9.62. The van der Waals surface area contributed by atoms with Crippen LogP contribution >= 0.6 is 23.1 Å². The second kappa shape index (κ2) is 10.4. The van der Waals surface area contributed by atoms with E-state index in [4.69, 9.17) is 4.52 Å². The molecule has 0 fully saturated rings. The van der Waals surface area contributed by atoms with E-state index in [1.165, 1.54) is 28.7 Å². The molecule has 0 spiro atoms. The molecule has 2 amide bonds. The monoisotopic (exact) mass is 444 g/mol. The number of hydrogen-bond donors (Lipinski definition) is 2. The molecule has 0 bridgehead atoms. The summed E-state index contributed by atoms with van der Waals surface area (Å²) in [5.74, 6) is 0.864. The number of amides is 2. The Morgan fingerprint density at radius 3 is 2.43 bits per heavy atom. The standard InChI is InChI=1S/C21H24N4O3S2/c1-4-5-15-6-8-16(9-7-15)20-14(3)30-21(24-20)23-19(27)12-29-11-18(26)22-17-10-13(2)28-25-17/h6-10H,4-5,11-12H2,1-3H3,(H,22,25,26)(H,23,24,27). The molecule has 0 aliphatic rings. The van der Waals surface area contributed by atoms with Gasteiger partial charge in [0.15, 0.2) is 10.9 Å². The summed E-state index contributed by atoms with van der Waals surface area (Å²) in [7, 11) is 0. The van der Waals surface area contributed by atoms with Gasteiger partial charge in [-0.05, 0) is 25.8 Å². The predicted octanol–water partition coefficient (Wildman–Crippen LogP) is 4.68. The third-order valence-electron chi connectivity index (χ3n) is 4.17. The van der Waals surface area contributed by atoms with Crippen molar-refractivity contribution in [2.45, 2.75) is 33.6 Å². The number of rotatable bonds is 9. The zero-order valence-electron chi connectivity index (χ0n) is 17.2. The van der Waals surface area contributed by atoms with Crippen LogP contribution in [0.2, 0.25) is 0 Å². The summed E-state index contributed by atoms with van der Waals surface area (Å²) in [5, 5.41) is 9.71. The summed E-state index contributed by atoms with van der Waals surface area (Å²) in [6.45, 7) is 5.90. The van der Waals surface area contributed by atoms with Gasteiger partial charge in [-0.25, -0.2) is 4.98 Å². The van der Waals surface area contributed by atoms with E-state index in [9.17, 15) is 9.59 Å². The topological polar surface area (TPSA) is 97.1 Å². The van der Waals surface area contributed by atoms with Crippen LogP contribution in [0.15, 0.2) is 34.9 Å². The zero-order valence-corrected chi connectivity index (χ0v) is 18.8. The summed E-state index contributed by atoms with van der Waals surface area (Å²) < 4.78 is 4.89. The molecule has 0 unspecified atom stereocenters. The van der Waals surface area contributed by atoms with Crippen molar-refractivity contribution in [3.63, 3.8) is 0 Å². The first-order valence-corrected chi connectivity index (χ1v) is 11.6. The number of aryl methyl sites for hydroxylation is 3. The number of benzene rings is 1. The Kier molecular flexibility index (Phi) is 7.64. The van der Waals surface area contributed by atoms with Gasteiger partial charge in [0, 0.05) is 16.5 Å². The average molecular weight is 445 g/mol. The minimum atomic E-state index is -0.236. The molecule has 30 heavy (non-hydrogen) atoms. The van der Waals surface area contributed by atoms with Crippen molar-refractivity contribution in [3.05, 3.63) is 46.5 Å². The average Bonchev–Trinajstić information content (AvgIpc) is 3.27. The number of aromatic nitrogens is 2. The van der Waals surface area contributed by atoms with Gasteiger partial charge < -0.3 is 15.2 Å². The van der Waals surface area contributed by atoms with Gasteiger partial charge in [-0.3, -0.25) is 9.59 Å². The molecule has 1 aromatic carbocycles. The van der Waals surface area contributed by atoms with Crippen molar-refractivity contribution >= 4 is 45.9 Å². The lowest BCUT2D eigenvalue weighted by Crippen LogP contribution is -2.18. The van der Waals surface area contributed by atoms with E-state index < -0.39 is 0 Å². The van der Waals surface area contributed by atoms with Crippen molar-refractivity contribution in [3.8, 4) is 11.3 Å². The fourth-order valence-corrected chi connectivity index (χ4v) is 4.30. The number of carbonyl (C=O) groups excluding carboxylic acids is 2. The number of carbonyl (C=O) groups is 2. The van der Waals surface area contributed by atoms with E-state index in [-0.39, 0.29) is 23.3 Å². The van der Waals surface area contributed by atoms with Crippen LogP contribution in [0, 0.1) is 13.8 Å². The molecule has 3 rings (SSSR count). The highest BCUT2D eigenvalue weighted by atomic mass is 32.2. The molecule has 0 radical (unpaired) electrons. The Morgan fingerprint density at radius 2 is 1.80 bits per heavy atom. The van der Waals surface area contributed by atoms with Crippen LogP contribution in [-0.2, 0) is 16.0 Å². The number of thiazole rings is 1. The lowest BCUT2D eigenvalue weighted by atomic mass is 10.1. The highest BCUT2D eigenvalue weighted by Gasteiger charge is 2.13. The minimum absolute atomic E-state index is 0.144. The molecule has 0 aliphatic carbocycles. The lowest BCUT2D eigenvalue weighted by molar-refractivity contribution is -0.114. The maximum absolute atomic E-state index is 12.2. The Hall–Kier alpha value is -2.65. The predicted molar refractivity (Wildman–Crippen MR) is 122 cm³/mol. The normalized spacial score (nSPS) is 10.8. The van der Waals surface area contributed by atoms with E-state index in [1.54, 1.807) is 13.0 Å². The molecule has 0 saturated carbocycles. The Bertz CT molecular complexity index is 1010. The quantitative estimate of drug-likeness (QED) is 0.497. The van der Waals surface area contributed by atoms with Crippen molar-refractivity contribution in [2.24, 2.45) is 0 Å². The zero-order chi connectivity index (χ0) is 21.5. The van der Waals surface area contributed by atoms with Crippen molar-refractivity contribution in [1.29, 1.82) is 0 Å². The fraction of sp³-hybridized carbons (Fsp3) is 0.333. The van der Waals surface area contributed by atoms with Gasteiger partial charge in [-0.1, -0.05) is 42.8 Å². The molecule has 0 saturated heterocycles. The van der Waals surface area contributed by atoms with E-state index in [0.29, 0.717) is 16.7 Å². The Morgan fingerprint density at radius 1 is 1.10 bits per heavy atom. The molecular weight excluding hydrogens is 420 g/mol. The first kappa shape index (κ1) is 22.0. The van der Waals surface area contributed by atoms with Crippen LogP contribution in [0.3, 0.4) is 0 Å². The van der Waals surface area contributed by atoms with Crippen LogP contribution < -0.4 is 10.6 Å². The second-order valence-corrected chi connectivity index (χ2v) is 8.97. The summed E-state index contributed by atoms with van der Waals surface area (Å²) in [6.07, 6.45) is 2.18. The van der Waals surface area contributed by atoms with E-state index in [0.717, 1.165) is 29.0 Å². The molecule has 0 atom stereocenters. The van der Waals surface area contributed by atoms with Gasteiger partial charge in [-0.15, -0.1) is 23.1 Å². The van der Waals surface area contributed by atoms with Crippen LogP contribution in [0.1, 0.15) is 29.5 Å². The molecule has 2 N–H and O–H groups in total. The highest BCUT2D eigenvalue weighted by Crippen LogP contribution is 2.30.